The zero-order chi connectivity index (χ0) is 12.0. The van der Waals surface area contributed by atoms with Gasteiger partial charge in [-0.15, -0.1) is 11.8 Å². The first kappa shape index (κ1) is 12.9. The third-order valence-corrected chi connectivity index (χ3v) is 2.99. The Morgan fingerprint density at radius 3 is 2.81 bits per heavy atom. The van der Waals surface area contributed by atoms with Gasteiger partial charge in [-0.05, 0) is 18.2 Å². The number of carbonyl (C=O) groups is 1. The summed E-state index contributed by atoms with van der Waals surface area (Å²) in [5.74, 6) is 0.414. The fourth-order valence-corrected chi connectivity index (χ4v) is 2.11. The number of nitrogens with two attached hydrogens (primary N) is 1. The molecule has 0 amide bonds. The predicted octanol–water partition coefficient (Wildman–Crippen LogP) is 1.79. The van der Waals surface area contributed by atoms with Crippen LogP contribution in [-0.4, -0.2) is 32.5 Å². The van der Waals surface area contributed by atoms with E-state index in [-0.39, 0.29) is 5.97 Å². The van der Waals surface area contributed by atoms with Gasteiger partial charge < -0.3 is 15.2 Å². The summed E-state index contributed by atoms with van der Waals surface area (Å²) in [6, 6.07) is 5.21. The maximum atomic E-state index is 11.5. The van der Waals surface area contributed by atoms with Gasteiger partial charge in [-0.1, -0.05) is 0 Å². The molecule has 0 fully saturated rings. The van der Waals surface area contributed by atoms with Crippen LogP contribution in [-0.2, 0) is 9.47 Å². The zero-order valence-electron chi connectivity index (χ0n) is 9.36. The summed E-state index contributed by atoms with van der Waals surface area (Å²) in [6.07, 6.45) is 0. The molecule has 0 saturated heterocycles. The highest BCUT2D eigenvalue weighted by atomic mass is 32.2. The van der Waals surface area contributed by atoms with Crippen molar-refractivity contribution in [3.63, 3.8) is 0 Å². The highest BCUT2D eigenvalue weighted by molar-refractivity contribution is 7.99. The number of hydrogen-bond donors (Lipinski definition) is 1. The third kappa shape index (κ3) is 3.43. The van der Waals surface area contributed by atoms with Crippen LogP contribution >= 0.6 is 11.8 Å². The second-order valence-corrected chi connectivity index (χ2v) is 4.23. The molecule has 0 bridgehead atoms. The van der Waals surface area contributed by atoms with Crippen molar-refractivity contribution in [3.8, 4) is 0 Å². The molecule has 88 valence electrons. The molecular weight excluding hydrogens is 226 g/mol. The molecule has 0 atom stereocenters. The Hall–Kier alpha value is -1.20. The topological polar surface area (TPSA) is 61.5 Å². The Labute approximate surface area is 99.1 Å². The van der Waals surface area contributed by atoms with E-state index in [9.17, 15) is 4.79 Å². The van der Waals surface area contributed by atoms with E-state index in [2.05, 4.69) is 0 Å². The van der Waals surface area contributed by atoms with Gasteiger partial charge in [0.1, 0.15) is 0 Å². The first-order chi connectivity index (χ1) is 7.69. The van der Waals surface area contributed by atoms with Crippen LogP contribution in [0.5, 0.6) is 0 Å². The molecular formula is C11H15NO3S. The van der Waals surface area contributed by atoms with Crippen LogP contribution in [0.2, 0.25) is 0 Å². The molecule has 0 spiro atoms. The maximum absolute atomic E-state index is 11.5. The lowest BCUT2D eigenvalue weighted by Crippen LogP contribution is -2.05. The lowest BCUT2D eigenvalue weighted by Gasteiger charge is -2.08. The van der Waals surface area contributed by atoms with E-state index in [0.717, 1.165) is 10.6 Å². The van der Waals surface area contributed by atoms with Gasteiger partial charge in [-0.2, -0.15) is 0 Å². The Morgan fingerprint density at radius 1 is 1.44 bits per heavy atom. The van der Waals surface area contributed by atoms with E-state index in [1.54, 1.807) is 31.0 Å². The molecule has 0 radical (unpaired) electrons. The van der Waals surface area contributed by atoms with Crippen molar-refractivity contribution in [1.82, 2.24) is 0 Å². The average Bonchev–Trinajstić information content (AvgIpc) is 2.30. The smallest absolute Gasteiger partial charge is 0.339 e. The standard InChI is InChI=1S/C11H15NO3S/c1-14-5-6-16-10-4-3-8(12)7-9(10)11(13)15-2/h3-4,7H,5-6,12H2,1-2H3. The first-order valence-electron chi connectivity index (χ1n) is 4.78. The summed E-state index contributed by atoms with van der Waals surface area (Å²) in [4.78, 5) is 12.4. The van der Waals surface area contributed by atoms with Crippen molar-refractivity contribution in [2.45, 2.75) is 4.90 Å². The van der Waals surface area contributed by atoms with Crippen molar-refractivity contribution in [3.05, 3.63) is 23.8 Å². The molecule has 0 aromatic heterocycles. The van der Waals surface area contributed by atoms with E-state index in [0.29, 0.717) is 17.9 Å². The van der Waals surface area contributed by atoms with Crippen LogP contribution in [0.4, 0.5) is 5.69 Å². The molecule has 0 aliphatic carbocycles. The van der Waals surface area contributed by atoms with Gasteiger partial charge in [-0.3, -0.25) is 0 Å². The maximum Gasteiger partial charge on any atom is 0.339 e. The summed E-state index contributed by atoms with van der Waals surface area (Å²) in [5.41, 5.74) is 6.69. The number of esters is 1. The van der Waals surface area contributed by atoms with Gasteiger partial charge in [0.15, 0.2) is 0 Å². The molecule has 5 heteroatoms. The summed E-state index contributed by atoms with van der Waals surface area (Å²) in [6.45, 7) is 0.635. The molecule has 0 saturated carbocycles. The van der Waals surface area contributed by atoms with E-state index >= 15 is 0 Å². The Morgan fingerprint density at radius 2 is 2.19 bits per heavy atom. The summed E-state index contributed by atoms with van der Waals surface area (Å²) in [7, 11) is 3.00. The SMILES string of the molecule is COCCSc1ccc(N)cc1C(=O)OC. The number of thioether (sulfide) groups is 1. The van der Waals surface area contributed by atoms with Gasteiger partial charge in [0, 0.05) is 23.4 Å². The van der Waals surface area contributed by atoms with Crippen molar-refractivity contribution in [1.29, 1.82) is 0 Å². The van der Waals surface area contributed by atoms with Crippen LogP contribution in [0.25, 0.3) is 0 Å². The largest absolute Gasteiger partial charge is 0.465 e. The number of ether oxygens (including phenoxy) is 2. The van der Waals surface area contributed by atoms with Gasteiger partial charge in [0.2, 0.25) is 0 Å². The quantitative estimate of drug-likeness (QED) is 0.368. The molecule has 4 nitrogen and oxygen atoms in total. The predicted molar refractivity (Wildman–Crippen MR) is 64.8 cm³/mol. The van der Waals surface area contributed by atoms with Crippen LogP contribution in [0.3, 0.4) is 0 Å². The van der Waals surface area contributed by atoms with Crippen LogP contribution in [0, 0.1) is 0 Å². The highest BCUT2D eigenvalue weighted by Crippen LogP contribution is 2.25. The van der Waals surface area contributed by atoms with Crippen LogP contribution in [0.1, 0.15) is 10.4 Å². The number of rotatable bonds is 5. The molecule has 16 heavy (non-hydrogen) atoms. The minimum Gasteiger partial charge on any atom is -0.465 e. The van der Waals surface area contributed by atoms with Gasteiger partial charge >= 0.3 is 5.97 Å². The molecule has 1 aromatic carbocycles. The number of nitrogen functional groups attached to an aromatic ring is 1. The highest BCUT2D eigenvalue weighted by Gasteiger charge is 2.12. The minimum absolute atomic E-state index is 0.368. The van der Waals surface area contributed by atoms with Crippen molar-refractivity contribution in [2.75, 3.05) is 32.3 Å². The van der Waals surface area contributed by atoms with E-state index < -0.39 is 0 Å². The average molecular weight is 241 g/mol. The molecule has 2 N–H and O–H groups in total. The molecule has 0 aliphatic heterocycles. The zero-order valence-corrected chi connectivity index (χ0v) is 10.2. The summed E-state index contributed by atoms with van der Waals surface area (Å²) >= 11 is 1.54. The lowest BCUT2D eigenvalue weighted by molar-refractivity contribution is 0.0597. The van der Waals surface area contributed by atoms with Gasteiger partial charge in [0.05, 0.1) is 19.3 Å². The third-order valence-electron chi connectivity index (χ3n) is 1.95. The lowest BCUT2D eigenvalue weighted by atomic mass is 10.2. The Bertz CT molecular complexity index is 368. The Kier molecular flexibility index (Phi) is 5.14. The molecule has 0 aliphatic rings. The molecule has 1 aromatic rings. The minimum atomic E-state index is -0.368. The van der Waals surface area contributed by atoms with E-state index in [1.165, 1.54) is 7.11 Å². The molecule has 0 unspecified atom stereocenters. The second-order valence-electron chi connectivity index (χ2n) is 3.09. The second kappa shape index (κ2) is 6.40. The number of hydrogen-bond acceptors (Lipinski definition) is 5. The first-order valence-corrected chi connectivity index (χ1v) is 5.77. The Balaban J connectivity index is 2.85. The van der Waals surface area contributed by atoms with Crippen LogP contribution in [0.15, 0.2) is 23.1 Å². The normalized spacial score (nSPS) is 10.1. The fourth-order valence-electron chi connectivity index (χ4n) is 1.18. The van der Waals surface area contributed by atoms with E-state index in [4.69, 9.17) is 15.2 Å². The molecule has 0 heterocycles. The number of benzene rings is 1. The number of methoxy groups -OCH3 is 2. The summed E-state index contributed by atoms with van der Waals surface area (Å²) in [5, 5.41) is 0. The van der Waals surface area contributed by atoms with E-state index in [1.807, 2.05) is 6.07 Å². The number of anilines is 1. The fraction of sp³-hybridized carbons (Fsp3) is 0.364. The van der Waals surface area contributed by atoms with Crippen molar-refractivity contribution in [2.24, 2.45) is 0 Å². The summed E-state index contributed by atoms with van der Waals surface area (Å²) < 4.78 is 9.65. The number of carbonyl (C=O) groups excluding carboxylic acids is 1. The monoisotopic (exact) mass is 241 g/mol. The van der Waals surface area contributed by atoms with Gasteiger partial charge in [0.25, 0.3) is 0 Å². The van der Waals surface area contributed by atoms with Crippen LogP contribution < -0.4 is 5.73 Å². The van der Waals surface area contributed by atoms with Crippen molar-refractivity contribution >= 4 is 23.4 Å². The molecule has 1 rings (SSSR count). The van der Waals surface area contributed by atoms with Gasteiger partial charge in [-0.25, -0.2) is 4.79 Å². The van der Waals surface area contributed by atoms with Crippen molar-refractivity contribution < 1.29 is 14.3 Å².